The van der Waals surface area contributed by atoms with Crippen LogP contribution in [0.1, 0.15) is 0 Å². The molecule has 0 aromatic rings. The Kier molecular flexibility index (Phi) is 0.384. The number of hydrogen-bond acceptors (Lipinski definition) is 4. The van der Waals surface area contributed by atoms with Gasteiger partial charge in [-0.05, 0) is 0 Å². The van der Waals surface area contributed by atoms with Crippen molar-refractivity contribution in [2.24, 2.45) is 5.73 Å². The van der Waals surface area contributed by atoms with Gasteiger partial charge in [0.15, 0.2) is 0 Å². The van der Waals surface area contributed by atoms with E-state index in [2.05, 4.69) is 0 Å². The summed E-state index contributed by atoms with van der Waals surface area (Å²) in [6.45, 7) is -7.20. The molecule has 0 saturated carbocycles. The van der Waals surface area contributed by atoms with Crippen molar-refractivity contribution in [2.75, 3.05) is 19.8 Å². The summed E-state index contributed by atoms with van der Waals surface area (Å²) < 4.78 is 24.8. The first-order chi connectivity index (χ1) is 19.3. The van der Waals surface area contributed by atoms with Crippen molar-refractivity contribution in [1.29, 1.82) is 0 Å². The maximum atomic E-state index is 7.84. The molecule has 12 atom stereocenters. The van der Waals surface area contributed by atoms with Gasteiger partial charge in [-0.2, -0.15) is 0 Å². The summed E-state index contributed by atoms with van der Waals surface area (Å²) in [6.07, 6.45) is 0. The van der Waals surface area contributed by atoms with E-state index in [9.17, 15) is 0 Å². The molecule has 0 aliphatic carbocycles. The molecule has 12 unspecified atom stereocenters. The molecule has 30 aliphatic rings. The van der Waals surface area contributed by atoms with Crippen molar-refractivity contribution in [3.63, 3.8) is 0 Å². The maximum absolute atomic E-state index is 7.84. The second kappa shape index (κ2) is 1.10. The first-order valence-electron chi connectivity index (χ1n) is 18.6. The predicted molar refractivity (Wildman–Crippen MR) is 134 cm³/mol. The van der Waals surface area contributed by atoms with Crippen molar-refractivity contribution in [2.45, 2.75) is 149 Å². The molecule has 41 heavy (non-hydrogen) atoms. The average Bonchev–Trinajstić information content (AvgIpc) is 3.71. The molecule has 30 heterocycles. The molecule has 0 aromatic carbocycles. The Morgan fingerprint density at radius 3 is 0.683 bits per heavy atom. The van der Waals surface area contributed by atoms with Gasteiger partial charge in [0.25, 0.3) is 0 Å². The van der Waals surface area contributed by atoms with E-state index in [0.717, 1.165) is 19.8 Å². The normalized spacial score (nSPS) is 148. The topological polar surface area (TPSA) is 53.7 Å². The zero-order chi connectivity index (χ0) is 23.8. The van der Waals surface area contributed by atoms with Crippen LogP contribution >= 0.6 is 0 Å². The molecule has 30 fully saturated rings. The summed E-state index contributed by atoms with van der Waals surface area (Å²) >= 11 is 0. The molecule has 4 nitrogen and oxygen atoms in total. The Labute approximate surface area is 206 Å². The van der Waals surface area contributed by atoms with Gasteiger partial charge < -0.3 is 0 Å². The van der Waals surface area contributed by atoms with Crippen LogP contribution in [0.2, 0.25) is 130 Å². The van der Waals surface area contributed by atoms with E-state index in [1.54, 1.807) is 0 Å². The molecular weight excluding hydrogens is 638 g/mol. The molecule has 2 N–H and O–H groups in total. The van der Waals surface area contributed by atoms with Gasteiger partial charge in [0, 0.05) is 0 Å². The van der Waals surface area contributed by atoms with Crippen molar-refractivity contribution < 1.29 is 33.7 Å². The number of rotatable bonds is 9. The fraction of sp³-hybridized carbons (Fsp3) is 1.00. The van der Waals surface area contributed by atoms with Crippen LogP contribution < -0.4 is 5.73 Å². The summed E-state index contributed by atoms with van der Waals surface area (Å²) in [5.41, 5.74) is 7.51. The number of nitrogens with two attached hydrogens (primary N) is 1. The molecule has 0 amide bonds. The molecule has 3 spiro atoms. The third kappa shape index (κ3) is 0.147. The molecule has 218 valence electrons. The quantitative estimate of drug-likeness (QED) is 0.256. The Hall–Kier alpha value is 1.40. The van der Waals surface area contributed by atoms with Crippen molar-refractivity contribution in [3.8, 4) is 0 Å². The molecule has 0 radical (unpaired) electrons. The summed E-state index contributed by atoms with van der Waals surface area (Å²) in [7, 11) is 0. The Bertz CT molecular complexity index is 2850. The molecule has 0 aromatic heterocycles. The van der Waals surface area contributed by atoms with Crippen LogP contribution in [0.5, 0.6) is 0 Å². The number of hydrogen-bond donors (Lipinski definition) is 1. The van der Waals surface area contributed by atoms with Crippen LogP contribution in [-0.2, 0) is 33.7 Å². The Morgan fingerprint density at radius 1 is 0.366 bits per heavy atom. The second-order valence-electron chi connectivity index (χ2n) is 31.1. The minimum atomic E-state index is -3.26. The van der Waals surface area contributed by atoms with Crippen LogP contribution in [0.25, 0.3) is 0 Å². The van der Waals surface area contributed by atoms with E-state index in [1.807, 2.05) is 0 Å². The van der Waals surface area contributed by atoms with Gasteiger partial charge in [-0.25, -0.2) is 0 Å². The van der Waals surface area contributed by atoms with Crippen molar-refractivity contribution in [3.05, 3.63) is 0 Å². The minimum absolute atomic E-state index is 0.330. The molecular formula is C34H35Fe3NO3. The Morgan fingerprint density at radius 2 is 0.561 bits per heavy atom. The molecule has 0 bridgehead atoms. The monoisotopic (exact) mass is 673 g/mol. The fourth-order valence-electron chi connectivity index (χ4n) is 49.9. The third-order valence-corrected chi connectivity index (χ3v) is 171. The third-order valence-electron chi connectivity index (χ3n) is 45.4. The molecule has 30 rings (SSSR count). The number of fused-ring (bicyclic) bond motifs is 30. The van der Waals surface area contributed by atoms with Crippen LogP contribution in [0.3, 0.4) is 0 Å². The van der Waals surface area contributed by atoms with Crippen LogP contribution in [0.4, 0.5) is 0 Å². The van der Waals surface area contributed by atoms with Crippen LogP contribution in [-0.4, -0.2) is 38.9 Å². The van der Waals surface area contributed by atoms with Gasteiger partial charge in [-0.3, -0.25) is 0 Å². The SMILES string of the molecule is NC(CO[C]12[CH]3[CH]4[CH]5[CH]1[Fe]45321678[CH]2[CH]1[CH]6[CH]7[CH]28)(CO[C]12[CH]3[CH]4[CH]5[CH]1[Fe]45321678[CH]2[CH]1[CH]6[CH]7[CH]28)CO[C]12[CH]3[CH]4[CH]5[CH]1[Fe]45321678[CH]2[CH]1[CH]6[CH]7[CH]28. The predicted octanol–water partition coefficient (Wildman–Crippen LogP) is 7.62. The molecule has 7 heteroatoms. The summed E-state index contributed by atoms with van der Waals surface area (Å²) in [6, 6.07) is 0. The van der Waals surface area contributed by atoms with E-state index in [0.29, 0.717) is 13.5 Å². The summed E-state index contributed by atoms with van der Waals surface area (Å²) in [5.74, 6) is 0. The number of ether oxygens (including phenoxy) is 3. The van der Waals surface area contributed by atoms with E-state index < -0.39 is 19.5 Å². The standard InChI is InChI=1S/C19H20NO3.3C5H5.3Fe/c20-19(13-21-16-7-1-2-8-16,14-22-17-9-3-4-10-17)15-23-18-11-5-6-12-18;3*1-2-4-5-3-1;;;/h1-12H,13-15,20H2;3*1-5H;;;. The van der Waals surface area contributed by atoms with E-state index in [4.69, 9.17) is 19.9 Å². The van der Waals surface area contributed by atoms with Crippen LogP contribution in [0, 0.1) is 0 Å². The fourth-order valence-corrected chi connectivity index (χ4v) is 268. The van der Waals surface area contributed by atoms with Crippen molar-refractivity contribution >= 4 is 0 Å². The van der Waals surface area contributed by atoms with Gasteiger partial charge in [0.2, 0.25) is 0 Å². The summed E-state index contributed by atoms with van der Waals surface area (Å²) in [5, 5.41) is 0. The van der Waals surface area contributed by atoms with E-state index in [-0.39, 0.29) is 5.54 Å². The van der Waals surface area contributed by atoms with Crippen molar-refractivity contribution in [1.82, 2.24) is 0 Å². The van der Waals surface area contributed by atoms with Gasteiger partial charge >= 0.3 is 208 Å². The first kappa shape index (κ1) is 14.3. The Balaban J connectivity index is 0.663. The van der Waals surface area contributed by atoms with Crippen LogP contribution in [0.15, 0.2) is 0 Å². The van der Waals surface area contributed by atoms with Gasteiger partial charge in [0.1, 0.15) is 0 Å². The average molecular weight is 673 g/mol. The van der Waals surface area contributed by atoms with Gasteiger partial charge in [-0.15, -0.1) is 0 Å². The molecule has 30 aliphatic heterocycles. The summed E-state index contributed by atoms with van der Waals surface area (Å²) in [4.78, 5) is 35.8. The van der Waals surface area contributed by atoms with Gasteiger partial charge in [-0.1, -0.05) is 0 Å². The van der Waals surface area contributed by atoms with Gasteiger partial charge in [0.05, 0.1) is 0 Å². The van der Waals surface area contributed by atoms with E-state index >= 15 is 0 Å². The molecule has 30 saturated heterocycles. The first-order valence-corrected chi connectivity index (χ1v) is 37.5. The zero-order valence-electron chi connectivity index (χ0n) is 22.6. The second-order valence-corrected chi connectivity index (χ2v) is 102. The zero-order valence-corrected chi connectivity index (χ0v) is 25.9. The van der Waals surface area contributed by atoms with E-state index in [1.165, 1.54) is 130 Å².